The van der Waals surface area contributed by atoms with Crippen molar-refractivity contribution in [2.75, 3.05) is 13.7 Å². The van der Waals surface area contributed by atoms with E-state index in [1.54, 1.807) is 18.3 Å². The second-order valence-corrected chi connectivity index (χ2v) is 4.69. The van der Waals surface area contributed by atoms with Crippen LogP contribution in [-0.2, 0) is 6.54 Å². The summed E-state index contributed by atoms with van der Waals surface area (Å²) in [7, 11) is 1.48. The molecule has 2 rings (SSSR count). The lowest BCUT2D eigenvalue weighted by atomic mass is 10.1. The molecule has 0 radical (unpaired) electrons. The first-order chi connectivity index (χ1) is 9.70. The molecule has 0 aliphatic carbocycles. The predicted molar refractivity (Wildman–Crippen MR) is 76.2 cm³/mol. The molecular formula is C15H20FN3O. The van der Waals surface area contributed by atoms with E-state index in [4.69, 9.17) is 4.74 Å². The number of hydrogen-bond donors (Lipinski definition) is 1. The van der Waals surface area contributed by atoms with Crippen molar-refractivity contribution in [1.29, 1.82) is 0 Å². The molecule has 0 fully saturated rings. The molecule has 1 atom stereocenters. The highest BCUT2D eigenvalue weighted by Gasteiger charge is 2.08. The van der Waals surface area contributed by atoms with Gasteiger partial charge in [0.05, 0.1) is 7.11 Å². The molecule has 108 valence electrons. The van der Waals surface area contributed by atoms with E-state index in [-0.39, 0.29) is 17.6 Å². The molecule has 20 heavy (non-hydrogen) atoms. The molecular weight excluding hydrogens is 257 g/mol. The van der Waals surface area contributed by atoms with Gasteiger partial charge in [-0.05, 0) is 43.7 Å². The van der Waals surface area contributed by atoms with Gasteiger partial charge in [-0.3, -0.25) is 4.68 Å². The van der Waals surface area contributed by atoms with E-state index in [9.17, 15) is 4.39 Å². The molecule has 0 aliphatic rings. The molecule has 1 aromatic carbocycles. The number of halogens is 1. The van der Waals surface area contributed by atoms with Crippen LogP contribution in [0.2, 0.25) is 0 Å². The van der Waals surface area contributed by atoms with Crippen LogP contribution in [0.3, 0.4) is 0 Å². The van der Waals surface area contributed by atoms with Crippen molar-refractivity contribution in [3.05, 3.63) is 48.0 Å². The molecule has 0 spiro atoms. The molecule has 1 unspecified atom stereocenters. The normalized spacial score (nSPS) is 12.3. The Morgan fingerprint density at radius 2 is 2.30 bits per heavy atom. The number of aromatic nitrogens is 2. The van der Waals surface area contributed by atoms with E-state index in [0.717, 1.165) is 25.1 Å². The number of nitrogens with one attached hydrogen (secondary N) is 1. The first kappa shape index (κ1) is 14.5. The molecule has 4 nitrogen and oxygen atoms in total. The van der Waals surface area contributed by atoms with Gasteiger partial charge in [0.1, 0.15) is 0 Å². The number of nitrogens with zero attached hydrogens (tertiary/aromatic N) is 2. The van der Waals surface area contributed by atoms with Crippen LogP contribution < -0.4 is 10.1 Å². The summed E-state index contributed by atoms with van der Waals surface area (Å²) in [5.41, 5.74) is 1.02. The summed E-state index contributed by atoms with van der Waals surface area (Å²) in [6.07, 6.45) is 4.72. The Labute approximate surface area is 118 Å². The van der Waals surface area contributed by atoms with Crippen molar-refractivity contribution in [3.8, 4) is 5.75 Å². The lowest BCUT2D eigenvalue weighted by Crippen LogP contribution is -2.21. The summed E-state index contributed by atoms with van der Waals surface area (Å²) in [4.78, 5) is 0. The molecule has 5 heteroatoms. The van der Waals surface area contributed by atoms with E-state index in [1.807, 2.05) is 16.9 Å². The van der Waals surface area contributed by atoms with Gasteiger partial charge < -0.3 is 10.1 Å². The highest BCUT2D eigenvalue weighted by Crippen LogP contribution is 2.22. The minimum Gasteiger partial charge on any atom is -0.494 e. The van der Waals surface area contributed by atoms with E-state index in [2.05, 4.69) is 17.3 Å². The highest BCUT2D eigenvalue weighted by molar-refractivity contribution is 5.31. The maximum atomic E-state index is 13.3. The summed E-state index contributed by atoms with van der Waals surface area (Å²) in [5, 5.41) is 7.57. The molecule has 1 N–H and O–H groups in total. The average Bonchev–Trinajstić information content (AvgIpc) is 2.97. The Morgan fingerprint density at radius 1 is 1.45 bits per heavy atom. The molecule has 2 aromatic rings. The average molecular weight is 277 g/mol. The van der Waals surface area contributed by atoms with Gasteiger partial charge in [0.15, 0.2) is 11.6 Å². The molecule has 0 saturated carbocycles. The van der Waals surface area contributed by atoms with Crippen molar-refractivity contribution in [1.82, 2.24) is 15.1 Å². The third-order valence-corrected chi connectivity index (χ3v) is 3.25. The van der Waals surface area contributed by atoms with Gasteiger partial charge in [0.2, 0.25) is 0 Å². The molecule has 1 heterocycles. The van der Waals surface area contributed by atoms with Crippen molar-refractivity contribution < 1.29 is 9.13 Å². The van der Waals surface area contributed by atoms with Crippen LogP contribution >= 0.6 is 0 Å². The Morgan fingerprint density at radius 3 is 3.00 bits per heavy atom. The number of methoxy groups -OCH3 is 1. The first-order valence-electron chi connectivity index (χ1n) is 6.75. The summed E-state index contributed by atoms with van der Waals surface area (Å²) < 4.78 is 20.2. The Bertz CT molecular complexity index is 528. The van der Waals surface area contributed by atoms with Crippen LogP contribution in [0.4, 0.5) is 4.39 Å². The van der Waals surface area contributed by atoms with Gasteiger partial charge >= 0.3 is 0 Å². The second kappa shape index (κ2) is 7.05. The standard InChI is InChI=1S/C15H20FN3O/c1-12(13-5-6-14(16)15(11-13)20-2)17-7-3-9-19-10-4-8-18-19/h4-6,8,10-12,17H,3,7,9H2,1-2H3. The maximum Gasteiger partial charge on any atom is 0.165 e. The zero-order valence-electron chi connectivity index (χ0n) is 11.8. The predicted octanol–water partition coefficient (Wildman–Crippen LogP) is 2.77. The van der Waals surface area contributed by atoms with Crippen LogP contribution in [-0.4, -0.2) is 23.4 Å². The van der Waals surface area contributed by atoms with Crippen LogP contribution in [0.25, 0.3) is 0 Å². The smallest absolute Gasteiger partial charge is 0.165 e. The highest BCUT2D eigenvalue weighted by atomic mass is 19.1. The fraction of sp³-hybridized carbons (Fsp3) is 0.400. The number of hydrogen-bond acceptors (Lipinski definition) is 3. The van der Waals surface area contributed by atoms with Gasteiger partial charge in [-0.15, -0.1) is 0 Å². The van der Waals surface area contributed by atoms with Crippen molar-refractivity contribution in [3.63, 3.8) is 0 Å². The zero-order valence-corrected chi connectivity index (χ0v) is 11.8. The van der Waals surface area contributed by atoms with Gasteiger partial charge in [-0.2, -0.15) is 5.10 Å². The minimum absolute atomic E-state index is 0.155. The largest absolute Gasteiger partial charge is 0.494 e. The molecule has 0 bridgehead atoms. The fourth-order valence-corrected chi connectivity index (χ4v) is 2.06. The van der Waals surface area contributed by atoms with Crippen LogP contribution in [0, 0.1) is 5.82 Å². The van der Waals surface area contributed by atoms with Crippen LogP contribution in [0.15, 0.2) is 36.7 Å². The van der Waals surface area contributed by atoms with Gasteiger partial charge in [0.25, 0.3) is 0 Å². The van der Waals surface area contributed by atoms with Crippen LogP contribution in [0.1, 0.15) is 24.9 Å². The lowest BCUT2D eigenvalue weighted by Gasteiger charge is -2.15. The number of aryl methyl sites for hydroxylation is 1. The van der Waals surface area contributed by atoms with Crippen molar-refractivity contribution in [2.45, 2.75) is 25.9 Å². The van der Waals surface area contributed by atoms with Gasteiger partial charge in [-0.1, -0.05) is 6.07 Å². The quantitative estimate of drug-likeness (QED) is 0.791. The summed E-state index contributed by atoms with van der Waals surface area (Å²) >= 11 is 0. The molecule has 0 amide bonds. The summed E-state index contributed by atoms with van der Waals surface area (Å²) in [6.45, 7) is 3.82. The third kappa shape index (κ3) is 3.81. The summed E-state index contributed by atoms with van der Waals surface area (Å²) in [6, 6.07) is 7.03. The molecule has 0 saturated heterocycles. The first-order valence-corrected chi connectivity index (χ1v) is 6.75. The van der Waals surface area contributed by atoms with Gasteiger partial charge in [0, 0.05) is 25.0 Å². The third-order valence-electron chi connectivity index (χ3n) is 3.25. The fourth-order valence-electron chi connectivity index (χ4n) is 2.06. The van der Waals surface area contributed by atoms with Gasteiger partial charge in [-0.25, -0.2) is 4.39 Å². The Balaban J connectivity index is 1.80. The van der Waals surface area contributed by atoms with E-state index in [1.165, 1.54) is 13.2 Å². The number of benzene rings is 1. The zero-order chi connectivity index (χ0) is 14.4. The number of ether oxygens (including phenoxy) is 1. The minimum atomic E-state index is -0.331. The van der Waals surface area contributed by atoms with E-state index in [0.29, 0.717) is 0 Å². The van der Waals surface area contributed by atoms with E-state index < -0.39 is 0 Å². The lowest BCUT2D eigenvalue weighted by molar-refractivity contribution is 0.385. The monoisotopic (exact) mass is 277 g/mol. The molecule has 1 aromatic heterocycles. The van der Waals surface area contributed by atoms with Crippen LogP contribution in [0.5, 0.6) is 5.75 Å². The van der Waals surface area contributed by atoms with Crippen molar-refractivity contribution >= 4 is 0 Å². The van der Waals surface area contributed by atoms with E-state index >= 15 is 0 Å². The molecule has 0 aliphatic heterocycles. The Kier molecular flexibility index (Phi) is 5.12. The van der Waals surface area contributed by atoms with Crippen molar-refractivity contribution in [2.24, 2.45) is 0 Å². The second-order valence-electron chi connectivity index (χ2n) is 4.69. The Hall–Kier alpha value is -1.88. The number of rotatable bonds is 7. The SMILES string of the molecule is COc1cc(C(C)NCCCn2cccn2)ccc1F. The summed E-state index contributed by atoms with van der Waals surface area (Å²) in [5.74, 6) is -0.0465. The maximum absolute atomic E-state index is 13.3. The topological polar surface area (TPSA) is 39.1 Å².